The van der Waals surface area contributed by atoms with Gasteiger partial charge in [0.05, 0.1) is 13.7 Å². The molecule has 1 amide bonds. The second-order valence-electron chi connectivity index (χ2n) is 4.11. The van der Waals surface area contributed by atoms with Crippen LogP contribution in [-0.2, 0) is 26.6 Å². The van der Waals surface area contributed by atoms with Crippen molar-refractivity contribution in [2.45, 2.75) is 10.9 Å². The van der Waals surface area contributed by atoms with Crippen LogP contribution < -0.4 is 10.0 Å². The quantitative estimate of drug-likeness (QED) is 0.531. The Labute approximate surface area is 121 Å². The summed E-state index contributed by atoms with van der Waals surface area (Å²) in [6, 6.07) is -0.0610. The average Bonchev–Trinajstić information content (AvgIpc) is 2.86. The van der Waals surface area contributed by atoms with Gasteiger partial charge in [0.15, 0.2) is 6.04 Å². The number of hydrogen-bond donors (Lipinski definition) is 3. The number of aryl methyl sites for hydroxylation is 1. The maximum Gasteiger partial charge on any atom is 0.330 e. The van der Waals surface area contributed by atoms with E-state index in [0.717, 1.165) is 13.2 Å². The fourth-order valence-electron chi connectivity index (χ4n) is 1.58. The molecule has 0 radical (unpaired) electrons. The van der Waals surface area contributed by atoms with Crippen LogP contribution in [0.5, 0.6) is 0 Å². The molecule has 1 rings (SSSR count). The molecule has 0 aliphatic rings. The molecule has 0 aromatic carbocycles. The first-order valence-electron chi connectivity index (χ1n) is 5.86. The van der Waals surface area contributed by atoms with E-state index in [-0.39, 0.29) is 10.6 Å². The van der Waals surface area contributed by atoms with Gasteiger partial charge in [-0.05, 0) is 13.1 Å². The van der Waals surface area contributed by atoms with Crippen molar-refractivity contribution in [2.24, 2.45) is 7.05 Å². The number of ether oxygens (including phenoxy) is 1. The first kappa shape index (κ1) is 17.1. The third kappa shape index (κ3) is 3.80. The van der Waals surface area contributed by atoms with Gasteiger partial charge in [-0.15, -0.1) is 0 Å². The minimum absolute atomic E-state index is 0.0196. The molecular weight excluding hydrogens is 302 g/mol. The van der Waals surface area contributed by atoms with Gasteiger partial charge >= 0.3 is 5.97 Å². The molecule has 1 aromatic heterocycles. The van der Waals surface area contributed by atoms with Crippen molar-refractivity contribution in [3.8, 4) is 0 Å². The van der Waals surface area contributed by atoms with Crippen LogP contribution in [0.1, 0.15) is 10.5 Å². The van der Waals surface area contributed by atoms with E-state index in [1.54, 1.807) is 0 Å². The lowest BCUT2D eigenvalue weighted by molar-refractivity contribution is -0.143. The number of carbonyl (C=O) groups is 2. The third-order valence-electron chi connectivity index (χ3n) is 2.77. The summed E-state index contributed by atoms with van der Waals surface area (Å²) in [6.45, 7) is -0.634. The van der Waals surface area contributed by atoms with Crippen LogP contribution in [0.4, 0.5) is 0 Å². The van der Waals surface area contributed by atoms with E-state index >= 15 is 0 Å². The topological polar surface area (TPSA) is 127 Å². The highest BCUT2D eigenvalue weighted by atomic mass is 32.2. The van der Waals surface area contributed by atoms with Gasteiger partial charge in [-0.1, -0.05) is 0 Å². The molecule has 1 heterocycles. The number of methoxy groups -OCH3 is 1. The Morgan fingerprint density at radius 1 is 1.48 bits per heavy atom. The number of carbonyl (C=O) groups excluding carboxylic acids is 2. The molecule has 9 nitrogen and oxygen atoms in total. The number of hydrogen-bond acceptors (Lipinski definition) is 6. The van der Waals surface area contributed by atoms with E-state index in [1.807, 2.05) is 0 Å². The van der Waals surface area contributed by atoms with Crippen LogP contribution >= 0.6 is 0 Å². The van der Waals surface area contributed by atoms with Crippen molar-refractivity contribution in [1.82, 2.24) is 14.6 Å². The fraction of sp³-hybridized carbons (Fsp3) is 0.455. The van der Waals surface area contributed by atoms with E-state index < -0.39 is 34.5 Å². The number of nitrogens with one attached hydrogen (secondary N) is 2. The number of rotatable bonds is 6. The Kier molecular flexibility index (Phi) is 5.47. The molecule has 0 saturated carbocycles. The van der Waals surface area contributed by atoms with Gasteiger partial charge in [0.25, 0.3) is 5.91 Å². The SMILES string of the molecule is CNS(=O)(=O)c1cc(C(=O)NC(CO)C(=O)OC)n(C)c1. The first-order chi connectivity index (χ1) is 9.76. The summed E-state index contributed by atoms with van der Waals surface area (Å²) in [5, 5.41) is 11.3. The van der Waals surface area contributed by atoms with Crippen molar-refractivity contribution in [3.63, 3.8) is 0 Å². The minimum atomic E-state index is -3.68. The monoisotopic (exact) mass is 319 g/mol. The highest BCUT2D eigenvalue weighted by Crippen LogP contribution is 2.13. The second kappa shape index (κ2) is 6.70. The van der Waals surface area contributed by atoms with Crippen LogP contribution in [0.15, 0.2) is 17.2 Å². The lowest BCUT2D eigenvalue weighted by Crippen LogP contribution is -2.44. The van der Waals surface area contributed by atoms with Gasteiger partial charge in [-0.2, -0.15) is 0 Å². The molecule has 3 N–H and O–H groups in total. The lowest BCUT2D eigenvalue weighted by atomic mass is 10.3. The number of aliphatic hydroxyl groups is 1. The van der Waals surface area contributed by atoms with E-state index in [1.165, 1.54) is 24.9 Å². The van der Waals surface area contributed by atoms with E-state index in [9.17, 15) is 18.0 Å². The molecule has 118 valence electrons. The molecule has 0 bridgehead atoms. The highest BCUT2D eigenvalue weighted by molar-refractivity contribution is 7.89. The standard InChI is InChI=1S/C11H17N3O6S/c1-12-21(18,19)7-4-9(14(2)5-7)10(16)13-8(6-15)11(17)20-3/h4-5,8,12,15H,6H2,1-3H3,(H,13,16). The first-order valence-corrected chi connectivity index (χ1v) is 7.34. The van der Waals surface area contributed by atoms with Crippen LogP contribution in [0.2, 0.25) is 0 Å². The molecule has 0 aliphatic carbocycles. The number of esters is 1. The Balaban J connectivity index is 3.01. The van der Waals surface area contributed by atoms with Gasteiger partial charge in [0, 0.05) is 13.2 Å². The molecule has 0 fully saturated rings. The number of aromatic nitrogens is 1. The maximum atomic E-state index is 12.0. The molecule has 1 atom stereocenters. The summed E-state index contributed by atoms with van der Waals surface area (Å²) in [6.07, 6.45) is 1.26. The molecule has 10 heteroatoms. The van der Waals surface area contributed by atoms with Gasteiger partial charge in [0.2, 0.25) is 10.0 Å². The minimum Gasteiger partial charge on any atom is -0.467 e. The third-order valence-corrected chi connectivity index (χ3v) is 4.15. The molecule has 21 heavy (non-hydrogen) atoms. The average molecular weight is 319 g/mol. The van der Waals surface area contributed by atoms with Crippen LogP contribution in [0, 0.1) is 0 Å². The van der Waals surface area contributed by atoms with Gasteiger partial charge < -0.3 is 19.7 Å². The zero-order valence-electron chi connectivity index (χ0n) is 11.8. The number of nitrogens with zero attached hydrogens (tertiary/aromatic N) is 1. The van der Waals surface area contributed by atoms with Crippen molar-refractivity contribution >= 4 is 21.9 Å². The number of aliphatic hydroxyl groups excluding tert-OH is 1. The summed E-state index contributed by atoms with van der Waals surface area (Å²) >= 11 is 0. The van der Waals surface area contributed by atoms with Crippen molar-refractivity contribution < 1.29 is 27.9 Å². The Morgan fingerprint density at radius 3 is 2.57 bits per heavy atom. The van der Waals surface area contributed by atoms with Crippen LogP contribution in [-0.4, -0.2) is 56.8 Å². The Morgan fingerprint density at radius 2 is 2.10 bits per heavy atom. The molecule has 0 saturated heterocycles. The van der Waals surface area contributed by atoms with Gasteiger partial charge in [-0.25, -0.2) is 17.9 Å². The lowest BCUT2D eigenvalue weighted by Gasteiger charge is -2.13. The highest BCUT2D eigenvalue weighted by Gasteiger charge is 2.24. The summed E-state index contributed by atoms with van der Waals surface area (Å²) in [4.78, 5) is 23.2. The van der Waals surface area contributed by atoms with Gasteiger partial charge in [0.1, 0.15) is 10.6 Å². The number of sulfonamides is 1. The molecular formula is C11H17N3O6S. The second-order valence-corrected chi connectivity index (χ2v) is 6.00. The van der Waals surface area contributed by atoms with Crippen molar-refractivity contribution in [2.75, 3.05) is 20.8 Å². The smallest absolute Gasteiger partial charge is 0.330 e. The van der Waals surface area contributed by atoms with Gasteiger partial charge in [-0.3, -0.25) is 4.79 Å². The molecule has 0 spiro atoms. The Bertz CT molecular complexity index is 636. The summed E-state index contributed by atoms with van der Waals surface area (Å²) in [7, 11) is 0.175. The molecule has 1 aromatic rings. The summed E-state index contributed by atoms with van der Waals surface area (Å²) in [5.41, 5.74) is 0.0196. The van der Waals surface area contributed by atoms with Crippen LogP contribution in [0.3, 0.4) is 0 Å². The zero-order valence-corrected chi connectivity index (χ0v) is 12.6. The van der Waals surface area contributed by atoms with E-state index in [0.29, 0.717) is 0 Å². The number of amides is 1. The zero-order chi connectivity index (χ0) is 16.2. The predicted molar refractivity (Wildman–Crippen MR) is 72.0 cm³/mol. The fourth-order valence-corrected chi connectivity index (χ4v) is 2.38. The molecule has 1 unspecified atom stereocenters. The van der Waals surface area contributed by atoms with E-state index in [2.05, 4.69) is 14.8 Å². The molecule has 0 aliphatic heterocycles. The largest absolute Gasteiger partial charge is 0.467 e. The van der Waals surface area contributed by atoms with E-state index in [4.69, 9.17) is 5.11 Å². The van der Waals surface area contributed by atoms with Crippen molar-refractivity contribution in [3.05, 3.63) is 18.0 Å². The maximum absolute atomic E-state index is 12.0. The Hall–Kier alpha value is -1.91. The predicted octanol–water partition coefficient (Wildman–Crippen LogP) is -1.80. The normalized spacial score (nSPS) is 12.8. The van der Waals surface area contributed by atoms with Crippen LogP contribution in [0.25, 0.3) is 0 Å². The summed E-state index contributed by atoms with van der Waals surface area (Å²) in [5.74, 6) is -1.51. The van der Waals surface area contributed by atoms with Crippen molar-refractivity contribution in [1.29, 1.82) is 0 Å². The summed E-state index contributed by atoms with van der Waals surface area (Å²) < 4.78 is 31.2.